The molecule has 1 saturated heterocycles. The largest absolute Gasteiger partial charge is 0.335 e. The number of hydrogen-bond acceptors (Lipinski definition) is 3. The van der Waals surface area contributed by atoms with E-state index in [1.165, 1.54) is 4.90 Å². The maximum atomic E-state index is 13.7. The Kier molecular flexibility index (Phi) is 4.29. The normalized spacial score (nSPS) is 20.9. The monoisotopic (exact) mass is 318 g/mol. The average Bonchev–Trinajstić information content (AvgIpc) is 2.70. The van der Waals surface area contributed by atoms with Crippen LogP contribution in [-0.4, -0.2) is 31.5 Å². The van der Waals surface area contributed by atoms with Crippen molar-refractivity contribution in [2.45, 2.75) is 19.4 Å². The van der Waals surface area contributed by atoms with E-state index in [9.17, 15) is 22.0 Å². The quantitative estimate of drug-likeness (QED) is 0.904. The van der Waals surface area contributed by atoms with Crippen molar-refractivity contribution in [1.29, 1.82) is 0 Å². The van der Waals surface area contributed by atoms with Gasteiger partial charge in [0.05, 0.1) is 11.8 Å². The van der Waals surface area contributed by atoms with Crippen LogP contribution in [-0.2, 0) is 14.8 Å². The van der Waals surface area contributed by atoms with Crippen molar-refractivity contribution < 1.29 is 22.0 Å². The van der Waals surface area contributed by atoms with Crippen molar-refractivity contribution in [3.8, 4) is 0 Å². The lowest BCUT2D eigenvalue weighted by Gasteiger charge is -2.25. The molecule has 2 unspecified atom stereocenters. The lowest BCUT2D eigenvalue weighted by molar-refractivity contribution is -0.129. The van der Waals surface area contributed by atoms with E-state index in [1.54, 1.807) is 6.92 Å². The van der Waals surface area contributed by atoms with Gasteiger partial charge in [-0.05, 0) is 25.1 Å². The number of carbonyl (C=O) groups is 1. The van der Waals surface area contributed by atoms with E-state index in [2.05, 4.69) is 0 Å². The summed E-state index contributed by atoms with van der Waals surface area (Å²) < 4.78 is 49.1. The lowest BCUT2D eigenvalue weighted by atomic mass is 10.1. The van der Waals surface area contributed by atoms with Gasteiger partial charge < -0.3 is 4.90 Å². The van der Waals surface area contributed by atoms with E-state index in [0.29, 0.717) is 0 Å². The molecular weight excluding hydrogens is 302 g/mol. The predicted molar refractivity (Wildman–Crippen MR) is 72.6 cm³/mol. The summed E-state index contributed by atoms with van der Waals surface area (Å²) in [5.41, 5.74) is 0.0691. The molecule has 1 fully saturated rings. The fourth-order valence-electron chi connectivity index (χ4n) is 2.63. The summed E-state index contributed by atoms with van der Waals surface area (Å²) in [6.45, 7) is 1.74. The molecule has 2 rings (SSSR count). The fraction of sp³-hybridized carbons (Fsp3) is 0.462. The maximum Gasteiger partial charge on any atom is 0.223 e. The SMILES string of the molecule is CC(c1cc(F)ccc1F)N1CC(CS(N)(=O)=O)CC1=O. The summed E-state index contributed by atoms with van der Waals surface area (Å²) in [6, 6.07) is 2.38. The van der Waals surface area contributed by atoms with Crippen LogP contribution in [0.2, 0.25) is 0 Å². The Hall–Kier alpha value is -1.54. The first-order valence-electron chi connectivity index (χ1n) is 6.42. The third-order valence-corrected chi connectivity index (χ3v) is 4.52. The van der Waals surface area contributed by atoms with Gasteiger partial charge in [-0.2, -0.15) is 0 Å². The van der Waals surface area contributed by atoms with Crippen LogP contribution >= 0.6 is 0 Å². The third-order valence-electron chi connectivity index (χ3n) is 3.58. The van der Waals surface area contributed by atoms with E-state index in [1.807, 2.05) is 0 Å². The van der Waals surface area contributed by atoms with Gasteiger partial charge in [-0.1, -0.05) is 0 Å². The topological polar surface area (TPSA) is 80.5 Å². The van der Waals surface area contributed by atoms with Crippen LogP contribution in [0.1, 0.15) is 24.9 Å². The van der Waals surface area contributed by atoms with Gasteiger partial charge in [-0.15, -0.1) is 0 Å². The van der Waals surface area contributed by atoms with Crippen molar-refractivity contribution >= 4 is 15.9 Å². The molecule has 0 aromatic heterocycles. The van der Waals surface area contributed by atoms with E-state index in [4.69, 9.17) is 5.14 Å². The van der Waals surface area contributed by atoms with Gasteiger partial charge in [-0.25, -0.2) is 22.3 Å². The highest BCUT2D eigenvalue weighted by Gasteiger charge is 2.35. The number of halogens is 2. The number of sulfonamides is 1. The molecular formula is C13H16F2N2O3S. The zero-order valence-electron chi connectivity index (χ0n) is 11.4. The molecule has 2 N–H and O–H groups in total. The van der Waals surface area contributed by atoms with Crippen LogP contribution < -0.4 is 5.14 Å². The molecule has 8 heteroatoms. The van der Waals surface area contributed by atoms with Gasteiger partial charge in [0, 0.05) is 24.4 Å². The molecule has 0 saturated carbocycles. The second kappa shape index (κ2) is 5.69. The van der Waals surface area contributed by atoms with E-state index < -0.39 is 33.6 Å². The van der Waals surface area contributed by atoms with Crippen LogP contribution in [0.25, 0.3) is 0 Å². The Bertz CT molecular complexity index is 663. The fourth-order valence-corrected chi connectivity index (χ4v) is 3.51. The zero-order valence-corrected chi connectivity index (χ0v) is 12.2. The minimum absolute atomic E-state index is 0.0394. The molecule has 0 radical (unpaired) electrons. The Morgan fingerprint density at radius 2 is 2.10 bits per heavy atom. The smallest absolute Gasteiger partial charge is 0.223 e. The molecule has 1 aromatic rings. The minimum Gasteiger partial charge on any atom is -0.335 e. The first-order valence-corrected chi connectivity index (χ1v) is 8.14. The number of benzene rings is 1. The molecule has 2 atom stereocenters. The summed E-state index contributed by atoms with van der Waals surface area (Å²) >= 11 is 0. The van der Waals surface area contributed by atoms with E-state index in [-0.39, 0.29) is 30.2 Å². The molecule has 0 aliphatic carbocycles. The maximum absolute atomic E-state index is 13.7. The number of likely N-dealkylation sites (tertiary alicyclic amines) is 1. The van der Waals surface area contributed by atoms with Crippen molar-refractivity contribution in [3.05, 3.63) is 35.4 Å². The summed E-state index contributed by atoms with van der Waals surface area (Å²) in [5.74, 6) is -2.21. The molecule has 116 valence electrons. The van der Waals surface area contributed by atoms with Crippen molar-refractivity contribution in [3.63, 3.8) is 0 Å². The van der Waals surface area contributed by atoms with Gasteiger partial charge >= 0.3 is 0 Å². The molecule has 0 spiro atoms. The molecule has 0 bridgehead atoms. The average molecular weight is 318 g/mol. The van der Waals surface area contributed by atoms with Crippen LogP contribution in [0.3, 0.4) is 0 Å². The summed E-state index contributed by atoms with van der Waals surface area (Å²) in [7, 11) is -3.67. The Labute approximate surface area is 121 Å². The second-order valence-electron chi connectivity index (χ2n) is 5.29. The highest BCUT2D eigenvalue weighted by molar-refractivity contribution is 7.89. The lowest BCUT2D eigenvalue weighted by Crippen LogP contribution is -2.30. The first kappa shape index (κ1) is 15.8. The molecule has 1 amide bonds. The second-order valence-corrected chi connectivity index (χ2v) is 6.95. The molecule has 1 aliphatic heterocycles. The minimum atomic E-state index is -3.67. The van der Waals surface area contributed by atoms with Crippen LogP contribution in [0, 0.1) is 17.6 Å². The summed E-state index contributed by atoms with van der Waals surface area (Å²) in [5, 5.41) is 4.97. The van der Waals surface area contributed by atoms with Crippen molar-refractivity contribution in [2.75, 3.05) is 12.3 Å². The number of nitrogens with two attached hydrogens (primary N) is 1. The van der Waals surface area contributed by atoms with Gasteiger partial charge in [0.1, 0.15) is 11.6 Å². The number of carbonyl (C=O) groups excluding carboxylic acids is 1. The van der Waals surface area contributed by atoms with Crippen molar-refractivity contribution in [2.24, 2.45) is 11.1 Å². The highest BCUT2D eigenvalue weighted by Crippen LogP contribution is 2.30. The number of hydrogen-bond donors (Lipinski definition) is 1. The Morgan fingerprint density at radius 3 is 2.71 bits per heavy atom. The predicted octanol–water partition coefficient (Wildman–Crippen LogP) is 1.16. The van der Waals surface area contributed by atoms with Gasteiger partial charge in [0.25, 0.3) is 0 Å². The standard InChI is InChI=1S/C13H16F2N2O3S/c1-8(11-5-10(14)2-3-12(11)15)17-6-9(4-13(17)18)7-21(16,19)20/h2-3,5,8-9H,4,6-7H2,1H3,(H2,16,19,20). The summed E-state index contributed by atoms with van der Waals surface area (Å²) in [6.07, 6.45) is 0.0394. The van der Waals surface area contributed by atoms with Gasteiger partial charge in [-0.3, -0.25) is 4.79 Å². The summed E-state index contributed by atoms with van der Waals surface area (Å²) in [4.78, 5) is 13.3. The van der Waals surface area contributed by atoms with Gasteiger partial charge in [0.15, 0.2) is 0 Å². The molecule has 1 aliphatic rings. The molecule has 5 nitrogen and oxygen atoms in total. The highest BCUT2D eigenvalue weighted by atomic mass is 32.2. The van der Waals surface area contributed by atoms with E-state index in [0.717, 1.165) is 18.2 Å². The first-order chi connectivity index (χ1) is 9.67. The number of rotatable bonds is 4. The number of nitrogens with zero attached hydrogens (tertiary/aromatic N) is 1. The number of amides is 1. The molecule has 1 aromatic carbocycles. The third kappa shape index (κ3) is 3.76. The van der Waals surface area contributed by atoms with Gasteiger partial charge in [0.2, 0.25) is 15.9 Å². The van der Waals surface area contributed by atoms with Crippen LogP contribution in [0.4, 0.5) is 8.78 Å². The van der Waals surface area contributed by atoms with Crippen LogP contribution in [0.5, 0.6) is 0 Å². The Balaban J connectivity index is 2.18. The van der Waals surface area contributed by atoms with E-state index >= 15 is 0 Å². The van der Waals surface area contributed by atoms with Crippen molar-refractivity contribution in [1.82, 2.24) is 4.90 Å². The Morgan fingerprint density at radius 1 is 1.43 bits per heavy atom. The number of primary sulfonamides is 1. The zero-order chi connectivity index (χ0) is 15.8. The molecule has 1 heterocycles. The van der Waals surface area contributed by atoms with Crippen LogP contribution in [0.15, 0.2) is 18.2 Å². The molecule has 21 heavy (non-hydrogen) atoms.